The summed E-state index contributed by atoms with van der Waals surface area (Å²) in [4.78, 5) is 35.9. The fourth-order valence-corrected chi connectivity index (χ4v) is 3.31. The molecule has 28 heavy (non-hydrogen) atoms. The number of nitrogens with zero attached hydrogens (tertiary/aromatic N) is 2. The molecule has 3 amide bonds. The maximum atomic E-state index is 12.4. The summed E-state index contributed by atoms with van der Waals surface area (Å²) in [5, 5.41) is 12.3. The molecule has 2 heterocycles. The van der Waals surface area contributed by atoms with Crippen LogP contribution in [0.1, 0.15) is 11.1 Å². The molecule has 0 unspecified atom stereocenters. The number of imide groups is 1. The van der Waals surface area contributed by atoms with Crippen LogP contribution >= 0.6 is 0 Å². The topological polar surface area (TPSA) is 91.6 Å². The molecule has 0 bridgehead atoms. The highest BCUT2D eigenvalue weighted by Gasteiger charge is 2.35. The first-order chi connectivity index (χ1) is 13.5. The average molecular weight is 375 g/mol. The first-order valence-electron chi connectivity index (χ1n) is 8.71. The Morgan fingerprint density at radius 2 is 1.75 bits per heavy atom. The highest BCUT2D eigenvalue weighted by molar-refractivity contribution is 6.15. The molecule has 7 nitrogen and oxygen atoms in total. The number of para-hydroxylation sites is 1. The maximum absolute atomic E-state index is 12.4. The molecule has 7 heteroatoms. The number of hydrogen-bond donors (Lipinski definition) is 2. The summed E-state index contributed by atoms with van der Waals surface area (Å²) in [7, 11) is 0. The van der Waals surface area contributed by atoms with E-state index in [1.165, 1.54) is 0 Å². The molecular formula is C21H17N3O4. The number of nitrogens with one attached hydrogen (secondary N) is 1. The van der Waals surface area contributed by atoms with Crippen LogP contribution in [0.4, 0.5) is 4.79 Å². The lowest BCUT2D eigenvalue weighted by Gasteiger charge is -2.06. The van der Waals surface area contributed by atoms with Gasteiger partial charge in [0.05, 0.1) is 0 Å². The summed E-state index contributed by atoms with van der Waals surface area (Å²) >= 11 is 0. The fraction of sp³-hybridized carbons (Fsp3) is 0.0952. The first kappa shape index (κ1) is 17.5. The minimum absolute atomic E-state index is 0.0638. The van der Waals surface area contributed by atoms with Gasteiger partial charge in [-0.2, -0.15) is 0 Å². The van der Waals surface area contributed by atoms with E-state index in [1.807, 2.05) is 60.8 Å². The van der Waals surface area contributed by atoms with Crippen molar-refractivity contribution in [3.8, 4) is 0 Å². The fourth-order valence-electron chi connectivity index (χ4n) is 3.31. The number of carbonyl (C=O) groups is 3. The Morgan fingerprint density at radius 1 is 1.04 bits per heavy atom. The van der Waals surface area contributed by atoms with Crippen LogP contribution in [-0.4, -0.2) is 39.0 Å². The maximum Gasteiger partial charge on any atom is 0.329 e. The van der Waals surface area contributed by atoms with Gasteiger partial charge in [0.2, 0.25) is 0 Å². The molecule has 1 saturated heterocycles. The van der Waals surface area contributed by atoms with Gasteiger partial charge in [-0.3, -0.25) is 9.59 Å². The van der Waals surface area contributed by atoms with E-state index in [2.05, 4.69) is 9.88 Å². The number of carboxylic acids is 1. The molecule has 140 valence electrons. The number of benzene rings is 2. The molecule has 2 N–H and O–H groups in total. The molecule has 1 fully saturated rings. The summed E-state index contributed by atoms with van der Waals surface area (Å²) in [6, 6.07) is 17.1. The predicted molar refractivity (Wildman–Crippen MR) is 103 cm³/mol. The van der Waals surface area contributed by atoms with E-state index in [0.29, 0.717) is 11.4 Å². The molecule has 1 aliphatic heterocycles. The second kappa shape index (κ2) is 7.03. The number of hydrogen-bond acceptors (Lipinski definition) is 3. The van der Waals surface area contributed by atoms with Crippen molar-refractivity contribution in [2.24, 2.45) is 0 Å². The van der Waals surface area contributed by atoms with Crippen LogP contribution < -0.4 is 5.32 Å². The van der Waals surface area contributed by atoms with Crippen molar-refractivity contribution in [2.45, 2.75) is 6.54 Å². The number of carboxylic acid groups (broad SMARTS) is 1. The van der Waals surface area contributed by atoms with E-state index in [9.17, 15) is 14.4 Å². The highest BCUT2D eigenvalue weighted by Crippen LogP contribution is 2.25. The van der Waals surface area contributed by atoms with Crippen LogP contribution in [0, 0.1) is 0 Å². The molecule has 0 saturated carbocycles. The molecule has 1 aliphatic rings. The van der Waals surface area contributed by atoms with Gasteiger partial charge in [0.25, 0.3) is 5.91 Å². The Morgan fingerprint density at radius 3 is 2.50 bits per heavy atom. The lowest BCUT2D eigenvalue weighted by Crippen LogP contribution is -2.35. The number of carbonyl (C=O) groups excluding carboxylic acids is 2. The summed E-state index contributed by atoms with van der Waals surface area (Å²) in [6.45, 7) is -0.00621. The van der Waals surface area contributed by atoms with Gasteiger partial charge < -0.3 is 15.0 Å². The number of aromatic nitrogens is 1. The Bertz CT molecular complexity index is 1120. The quantitative estimate of drug-likeness (QED) is 0.530. The third kappa shape index (κ3) is 3.25. The number of urea groups is 1. The Kier molecular flexibility index (Phi) is 4.41. The van der Waals surface area contributed by atoms with Crippen molar-refractivity contribution in [1.29, 1.82) is 0 Å². The van der Waals surface area contributed by atoms with Crippen LogP contribution in [0.15, 0.2) is 66.5 Å². The zero-order chi connectivity index (χ0) is 19.7. The minimum Gasteiger partial charge on any atom is -0.480 e. The molecule has 0 atom stereocenters. The Hall–Kier alpha value is -3.87. The summed E-state index contributed by atoms with van der Waals surface area (Å²) in [5.74, 6) is -1.89. The van der Waals surface area contributed by atoms with Crippen molar-refractivity contribution >= 4 is 34.9 Å². The van der Waals surface area contributed by atoms with E-state index in [0.717, 1.165) is 22.0 Å². The standard InChI is InChI=1S/C21H17N3O4/c25-19(26)13-24-20(27)17(22-21(24)28)10-15-12-23(11-14-6-2-1-3-7-14)18-9-5-4-8-16(15)18/h1-10,12H,11,13H2,(H,22,28)(H,25,26)/b17-10+. The summed E-state index contributed by atoms with van der Waals surface area (Å²) < 4.78 is 2.08. The van der Waals surface area contributed by atoms with Crippen LogP contribution in [0.5, 0.6) is 0 Å². The first-order valence-corrected chi connectivity index (χ1v) is 8.71. The molecule has 0 spiro atoms. The van der Waals surface area contributed by atoms with Gasteiger partial charge >= 0.3 is 12.0 Å². The van der Waals surface area contributed by atoms with E-state index >= 15 is 0 Å². The zero-order valence-electron chi connectivity index (χ0n) is 14.8. The third-order valence-corrected chi connectivity index (χ3v) is 4.57. The van der Waals surface area contributed by atoms with Gasteiger partial charge in [0.1, 0.15) is 12.2 Å². The van der Waals surface area contributed by atoms with Gasteiger partial charge in [-0.1, -0.05) is 48.5 Å². The largest absolute Gasteiger partial charge is 0.480 e. The van der Waals surface area contributed by atoms with E-state index in [4.69, 9.17) is 5.11 Å². The van der Waals surface area contributed by atoms with Crippen molar-refractivity contribution < 1.29 is 19.5 Å². The monoisotopic (exact) mass is 375 g/mol. The third-order valence-electron chi connectivity index (χ3n) is 4.57. The SMILES string of the molecule is O=C(O)CN1C(=O)N/C(=C/c2cn(Cc3ccccc3)c3ccccc23)C1=O. The smallest absolute Gasteiger partial charge is 0.329 e. The molecular weight excluding hydrogens is 358 g/mol. The highest BCUT2D eigenvalue weighted by atomic mass is 16.4. The number of rotatable bonds is 5. The number of amides is 3. The molecule has 2 aromatic carbocycles. The van der Waals surface area contributed by atoms with Crippen molar-refractivity contribution in [2.75, 3.05) is 6.54 Å². The van der Waals surface area contributed by atoms with Crippen molar-refractivity contribution in [3.05, 3.63) is 77.6 Å². The predicted octanol–water partition coefficient (Wildman–Crippen LogP) is 2.67. The van der Waals surface area contributed by atoms with Crippen LogP contribution in [-0.2, 0) is 16.1 Å². The van der Waals surface area contributed by atoms with Crippen LogP contribution in [0.2, 0.25) is 0 Å². The molecule has 3 aromatic rings. The number of aliphatic carboxylic acids is 1. The minimum atomic E-state index is -1.25. The van der Waals surface area contributed by atoms with E-state index in [-0.39, 0.29) is 5.70 Å². The zero-order valence-corrected chi connectivity index (χ0v) is 14.8. The second-order valence-electron chi connectivity index (χ2n) is 6.49. The van der Waals surface area contributed by atoms with Gasteiger partial charge in [-0.15, -0.1) is 0 Å². The molecule has 0 radical (unpaired) electrons. The molecule has 1 aromatic heterocycles. The van der Waals surface area contributed by atoms with E-state index in [1.54, 1.807) is 6.08 Å². The van der Waals surface area contributed by atoms with E-state index < -0.39 is 24.5 Å². The summed E-state index contributed by atoms with van der Waals surface area (Å²) in [6.07, 6.45) is 3.51. The molecule has 0 aliphatic carbocycles. The van der Waals surface area contributed by atoms with Gasteiger partial charge in [0.15, 0.2) is 0 Å². The number of fused-ring (bicyclic) bond motifs is 1. The second-order valence-corrected chi connectivity index (χ2v) is 6.49. The van der Waals surface area contributed by atoms with Crippen molar-refractivity contribution in [1.82, 2.24) is 14.8 Å². The van der Waals surface area contributed by atoms with Gasteiger partial charge in [-0.25, -0.2) is 9.69 Å². The van der Waals surface area contributed by atoms with Crippen LogP contribution in [0.25, 0.3) is 17.0 Å². The Balaban J connectivity index is 1.72. The Labute approximate surface area is 160 Å². The average Bonchev–Trinajstić information content (AvgIpc) is 3.15. The summed E-state index contributed by atoms with van der Waals surface area (Å²) in [5.41, 5.74) is 2.97. The van der Waals surface area contributed by atoms with Crippen LogP contribution in [0.3, 0.4) is 0 Å². The lowest BCUT2D eigenvalue weighted by molar-refractivity contribution is -0.140. The van der Waals surface area contributed by atoms with Gasteiger partial charge in [0, 0.05) is 29.2 Å². The lowest BCUT2D eigenvalue weighted by atomic mass is 10.1. The van der Waals surface area contributed by atoms with Gasteiger partial charge in [-0.05, 0) is 17.7 Å². The molecule has 4 rings (SSSR count). The van der Waals surface area contributed by atoms with Crippen molar-refractivity contribution in [3.63, 3.8) is 0 Å². The normalized spacial score (nSPS) is 15.4.